The highest BCUT2D eigenvalue weighted by molar-refractivity contribution is 9.10. The molecule has 0 radical (unpaired) electrons. The highest BCUT2D eigenvalue weighted by Crippen LogP contribution is 2.27. The maximum absolute atomic E-state index is 5.17. The van der Waals surface area contributed by atoms with Crippen LogP contribution in [0.15, 0.2) is 80.6 Å². The van der Waals surface area contributed by atoms with Gasteiger partial charge in [-0.2, -0.15) is 5.10 Å². The molecule has 2 aromatic carbocycles. The Kier molecular flexibility index (Phi) is 5.15. The van der Waals surface area contributed by atoms with Crippen molar-refractivity contribution in [2.75, 3.05) is 7.11 Å². The number of nitrogens with zero attached hydrogens (tertiary/aromatic N) is 3. The zero-order chi connectivity index (χ0) is 16.1. The standard InChI is InChI=1S/C17H14BrN3OS/c1-22-15-6-8-16(9-7-15)23-17-19-10-11-21(17)20-12-13-2-4-14(18)5-3-13/h2-12H,1H3. The number of hydrogen-bond donors (Lipinski definition) is 0. The molecule has 116 valence electrons. The molecule has 0 atom stereocenters. The van der Waals surface area contributed by atoms with E-state index in [0.717, 1.165) is 25.8 Å². The molecule has 1 heterocycles. The molecule has 0 fully saturated rings. The summed E-state index contributed by atoms with van der Waals surface area (Å²) in [6.07, 6.45) is 5.39. The summed E-state index contributed by atoms with van der Waals surface area (Å²) in [7, 11) is 1.66. The number of benzene rings is 2. The number of ether oxygens (including phenoxy) is 1. The Morgan fingerprint density at radius 1 is 1.13 bits per heavy atom. The van der Waals surface area contributed by atoms with Gasteiger partial charge < -0.3 is 4.74 Å². The molecular weight excluding hydrogens is 374 g/mol. The molecule has 0 unspecified atom stereocenters. The molecule has 1 aromatic heterocycles. The zero-order valence-electron chi connectivity index (χ0n) is 12.4. The maximum Gasteiger partial charge on any atom is 0.193 e. The van der Waals surface area contributed by atoms with Gasteiger partial charge in [0.05, 0.1) is 13.3 Å². The molecule has 0 bridgehead atoms. The van der Waals surface area contributed by atoms with Gasteiger partial charge in [-0.25, -0.2) is 9.66 Å². The van der Waals surface area contributed by atoms with Gasteiger partial charge in [0, 0.05) is 21.8 Å². The fourth-order valence-corrected chi connectivity index (χ4v) is 2.93. The fraction of sp³-hybridized carbons (Fsp3) is 0.0588. The van der Waals surface area contributed by atoms with Crippen LogP contribution in [0.5, 0.6) is 5.75 Å². The third kappa shape index (κ3) is 4.24. The molecule has 0 saturated heterocycles. The molecule has 0 aliphatic rings. The molecule has 0 aliphatic carbocycles. The number of methoxy groups -OCH3 is 1. The number of imidazole rings is 1. The Morgan fingerprint density at radius 3 is 2.57 bits per heavy atom. The first-order valence-corrected chi connectivity index (χ1v) is 8.51. The van der Waals surface area contributed by atoms with Gasteiger partial charge in [0.2, 0.25) is 0 Å². The molecule has 23 heavy (non-hydrogen) atoms. The first-order chi connectivity index (χ1) is 11.2. The van der Waals surface area contributed by atoms with E-state index in [9.17, 15) is 0 Å². The number of rotatable bonds is 5. The fourth-order valence-electron chi connectivity index (χ4n) is 1.87. The van der Waals surface area contributed by atoms with Crippen molar-refractivity contribution in [1.82, 2.24) is 9.66 Å². The van der Waals surface area contributed by atoms with Gasteiger partial charge in [0.1, 0.15) is 5.75 Å². The Balaban J connectivity index is 1.74. The summed E-state index contributed by atoms with van der Waals surface area (Å²) in [5, 5.41) is 5.27. The van der Waals surface area contributed by atoms with Crippen LogP contribution in [0.4, 0.5) is 0 Å². The summed E-state index contributed by atoms with van der Waals surface area (Å²) in [5.74, 6) is 0.839. The van der Waals surface area contributed by atoms with Crippen molar-refractivity contribution in [3.8, 4) is 5.75 Å². The second kappa shape index (κ2) is 7.48. The minimum Gasteiger partial charge on any atom is -0.497 e. The van der Waals surface area contributed by atoms with Crippen LogP contribution in [0.25, 0.3) is 0 Å². The van der Waals surface area contributed by atoms with Crippen molar-refractivity contribution in [3.63, 3.8) is 0 Å². The Labute approximate surface area is 147 Å². The maximum atomic E-state index is 5.17. The van der Waals surface area contributed by atoms with Gasteiger partial charge in [-0.15, -0.1) is 0 Å². The first kappa shape index (κ1) is 15.8. The molecule has 0 amide bonds. The third-order valence-corrected chi connectivity index (χ3v) is 4.57. The van der Waals surface area contributed by atoms with Gasteiger partial charge in [-0.05, 0) is 53.7 Å². The lowest BCUT2D eigenvalue weighted by molar-refractivity contribution is 0.414. The lowest BCUT2D eigenvalue weighted by Gasteiger charge is -2.03. The first-order valence-electron chi connectivity index (χ1n) is 6.90. The van der Waals surface area contributed by atoms with E-state index in [0.29, 0.717) is 0 Å². The largest absolute Gasteiger partial charge is 0.497 e. The van der Waals surface area contributed by atoms with E-state index in [1.54, 1.807) is 29.7 Å². The summed E-state index contributed by atoms with van der Waals surface area (Å²) < 4.78 is 7.98. The van der Waals surface area contributed by atoms with Crippen LogP contribution >= 0.6 is 27.7 Å². The Morgan fingerprint density at radius 2 is 1.87 bits per heavy atom. The van der Waals surface area contributed by atoms with E-state index in [1.165, 1.54) is 0 Å². The van der Waals surface area contributed by atoms with Gasteiger partial charge in [-0.1, -0.05) is 28.1 Å². The van der Waals surface area contributed by atoms with Crippen molar-refractivity contribution < 1.29 is 4.74 Å². The van der Waals surface area contributed by atoms with Crippen LogP contribution in [-0.2, 0) is 0 Å². The minimum absolute atomic E-state index is 0.809. The summed E-state index contributed by atoms with van der Waals surface area (Å²) >= 11 is 4.97. The van der Waals surface area contributed by atoms with Crippen LogP contribution in [0.2, 0.25) is 0 Å². The molecule has 3 rings (SSSR count). The van der Waals surface area contributed by atoms with Crippen molar-refractivity contribution in [3.05, 3.63) is 71.0 Å². The van der Waals surface area contributed by atoms with Crippen molar-refractivity contribution >= 4 is 33.9 Å². The second-order valence-corrected chi connectivity index (χ2v) is 6.58. The van der Waals surface area contributed by atoms with Crippen LogP contribution in [0, 0.1) is 0 Å². The molecule has 0 saturated carbocycles. The minimum atomic E-state index is 0.809. The van der Waals surface area contributed by atoms with Crippen LogP contribution in [-0.4, -0.2) is 23.0 Å². The molecule has 0 aliphatic heterocycles. The zero-order valence-corrected chi connectivity index (χ0v) is 14.8. The topological polar surface area (TPSA) is 39.4 Å². The predicted octanol–water partition coefficient (Wildman–Crippen LogP) is 4.69. The van der Waals surface area contributed by atoms with Gasteiger partial charge >= 0.3 is 0 Å². The van der Waals surface area contributed by atoms with E-state index >= 15 is 0 Å². The monoisotopic (exact) mass is 387 g/mol. The molecule has 3 aromatic rings. The van der Waals surface area contributed by atoms with Crippen LogP contribution in [0.3, 0.4) is 0 Å². The van der Waals surface area contributed by atoms with E-state index in [2.05, 4.69) is 26.0 Å². The predicted molar refractivity (Wildman–Crippen MR) is 96.5 cm³/mol. The number of halogens is 1. The van der Waals surface area contributed by atoms with Crippen LogP contribution < -0.4 is 4.74 Å². The number of hydrogen-bond acceptors (Lipinski definition) is 4. The summed E-state index contributed by atoms with van der Waals surface area (Å²) in [6.45, 7) is 0. The van der Waals surface area contributed by atoms with E-state index < -0.39 is 0 Å². The second-order valence-electron chi connectivity index (χ2n) is 4.63. The van der Waals surface area contributed by atoms with Crippen LogP contribution in [0.1, 0.15) is 5.56 Å². The quantitative estimate of drug-likeness (QED) is 0.596. The molecular formula is C17H14BrN3OS. The molecule has 4 nitrogen and oxygen atoms in total. The van der Waals surface area contributed by atoms with Crippen molar-refractivity contribution in [2.45, 2.75) is 10.1 Å². The normalized spacial score (nSPS) is 11.0. The summed E-state index contributed by atoms with van der Waals surface area (Å²) in [4.78, 5) is 5.43. The van der Waals surface area contributed by atoms with Crippen molar-refractivity contribution in [1.29, 1.82) is 0 Å². The van der Waals surface area contributed by atoms with Gasteiger partial charge in [0.25, 0.3) is 0 Å². The van der Waals surface area contributed by atoms with Crippen molar-refractivity contribution in [2.24, 2.45) is 5.10 Å². The Hall–Kier alpha value is -2.05. The lowest BCUT2D eigenvalue weighted by atomic mass is 10.2. The lowest BCUT2D eigenvalue weighted by Crippen LogP contribution is -1.92. The van der Waals surface area contributed by atoms with Gasteiger partial charge in [0.15, 0.2) is 5.16 Å². The summed E-state index contributed by atoms with van der Waals surface area (Å²) in [5.41, 5.74) is 1.03. The highest BCUT2D eigenvalue weighted by atomic mass is 79.9. The molecule has 0 N–H and O–H groups in total. The SMILES string of the molecule is COc1ccc(Sc2nccn2N=Cc2ccc(Br)cc2)cc1. The highest BCUT2D eigenvalue weighted by Gasteiger charge is 2.04. The number of aromatic nitrogens is 2. The molecule has 0 spiro atoms. The van der Waals surface area contributed by atoms with E-state index in [-0.39, 0.29) is 0 Å². The van der Waals surface area contributed by atoms with E-state index in [1.807, 2.05) is 60.9 Å². The molecule has 6 heteroatoms. The van der Waals surface area contributed by atoms with Gasteiger partial charge in [-0.3, -0.25) is 0 Å². The average molecular weight is 388 g/mol. The third-order valence-electron chi connectivity index (χ3n) is 3.06. The summed E-state index contributed by atoms with van der Waals surface area (Å²) in [6, 6.07) is 15.8. The van der Waals surface area contributed by atoms with E-state index in [4.69, 9.17) is 4.74 Å². The average Bonchev–Trinajstić information content (AvgIpc) is 3.02. The smallest absolute Gasteiger partial charge is 0.193 e. The Bertz CT molecular complexity index is 797.